The third-order valence-electron chi connectivity index (χ3n) is 10.8. The van der Waals surface area contributed by atoms with Gasteiger partial charge < -0.3 is 0 Å². The third-order valence-corrected chi connectivity index (χ3v) is 12.3. The molecule has 8 aromatic rings. The monoisotopic (exact) mass is 826 g/mol. The molecule has 1 heteroatoms. The van der Waals surface area contributed by atoms with Gasteiger partial charge in [-0.15, -0.1) is 50.9 Å². The van der Waals surface area contributed by atoms with Crippen LogP contribution in [0.1, 0.15) is 86.4 Å². The Morgan fingerprint density at radius 3 is 1.31 bits per heavy atom. The number of allylic oxidation sites excluding steroid dienone is 4. The zero-order valence-electron chi connectivity index (χ0n) is 34.6. The summed E-state index contributed by atoms with van der Waals surface area (Å²) in [5.41, 5.74) is 12.3. The van der Waals surface area contributed by atoms with E-state index in [4.69, 9.17) is 0 Å². The van der Waals surface area contributed by atoms with Gasteiger partial charge >= 0.3 is 99.2 Å². The molecular formula is C57H52Zr. The van der Waals surface area contributed by atoms with E-state index in [1.165, 1.54) is 99.1 Å². The molecule has 0 saturated heterocycles. The van der Waals surface area contributed by atoms with Crippen molar-refractivity contribution in [3.05, 3.63) is 245 Å². The Bertz CT molecular complexity index is 2540. The normalized spacial score (nSPS) is 13.8. The summed E-state index contributed by atoms with van der Waals surface area (Å²) in [6, 6.07) is 69.1. The molecule has 284 valence electrons. The third kappa shape index (κ3) is 9.66. The average molecular weight is 828 g/mol. The van der Waals surface area contributed by atoms with Crippen LogP contribution in [-0.4, -0.2) is 3.21 Å². The van der Waals surface area contributed by atoms with Crippen LogP contribution in [0.3, 0.4) is 0 Å². The van der Waals surface area contributed by atoms with E-state index in [-0.39, 0.29) is 16.7 Å². The maximum atomic E-state index is 3.57. The molecule has 0 spiro atoms. The molecule has 0 fully saturated rings. The van der Waals surface area contributed by atoms with Crippen molar-refractivity contribution >= 4 is 35.9 Å². The van der Waals surface area contributed by atoms with Gasteiger partial charge in [0.1, 0.15) is 0 Å². The summed E-state index contributed by atoms with van der Waals surface area (Å²) in [5.74, 6) is 0.189. The summed E-state index contributed by atoms with van der Waals surface area (Å²) in [6.07, 6.45) is 5.72. The molecule has 1 aliphatic rings. The molecule has 9 rings (SSSR count). The van der Waals surface area contributed by atoms with E-state index in [0.717, 1.165) is 0 Å². The number of rotatable bonds is 5. The maximum absolute atomic E-state index is 3.57. The van der Waals surface area contributed by atoms with Gasteiger partial charge in [-0.1, -0.05) is 179 Å². The first-order valence-corrected chi connectivity index (χ1v) is 21.5. The summed E-state index contributed by atoms with van der Waals surface area (Å²) in [6.45, 7) is 13.6. The SMILES string of the molecule is CC(C)(C)c1ccc2c(c1)[cH-]c1cc(C(C)(C)C)ccc12.[C-]1=CC(c2ccccc2)=C(c2ccccc2)C1c1ccccc1.[Zr+2]=[C](c1ccccc1)c1ccccc1. The molecule has 0 amide bonds. The average Bonchev–Trinajstić information content (AvgIpc) is 3.87. The summed E-state index contributed by atoms with van der Waals surface area (Å²) >= 11 is 1.46. The molecule has 0 radical (unpaired) electrons. The summed E-state index contributed by atoms with van der Waals surface area (Å²) in [4.78, 5) is 0. The Kier molecular flexibility index (Phi) is 12.7. The fourth-order valence-corrected chi connectivity index (χ4v) is 8.34. The van der Waals surface area contributed by atoms with Crippen molar-refractivity contribution in [1.82, 2.24) is 0 Å². The summed E-state index contributed by atoms with van der Waals surface area (Å²) < 4.78 is 1.42. The van der Waals surface area contributed by atoms with Crippen LogP contribution in [0.4, 0.5) is 0 Å². The molecule has 1 aliphatic carbocycles. The van der Waals surface area contributed by atoms with Gasteiger partial charge in [-0.3, -0.25) is 6.08 Å². The predicted molar refractivity (Wildman–Crippen MR) is 247 cm³/mol. The minimum absolute atomic E-state index is 0.189. The first-order valence-electron chi connectivity index (χ1n) is 20.3. The van der Waals surface area contributed by atoms with Gasteiger partial charge in [0.15, 0.2) is 0 Å². The number of benzene rings is 7. The molecule has 0 nitrogen and oxygen atoms in total. The predicted octanol–water partition coefficient (Wildman–Crippen LogP) is 14.9. The second-order valence-electron chi connectivity index (χ2n) is 17.1. The van der Waals surface area contributed by atoms with Crippen molar-refractivity contribution in [1.29, 1.82) is 0 Å². The van der Waals surface area contributed by atoms with Crippen LogP contribution in [0, 0.1) is 6.08 Å². The Morgan fingerprint density at radius 1 is 0.483 bits per heavy atom. The quantitative estimate of drug-likeness (QED) is 0.152. The molecule has 1 atom stereocenters. The molecule has 1 unspecified atom stereocenters. The first-order chi connectivity index (χ1) is 28.0. The van der Waals surface area contributed by atoms with Crippen LogP contribution in [0.5, 0.6) is 0 Å². The molecule has 8 aromatic carbocycles. The standard InChI is InChI=1S/C23H17.C21H25.C13H10.Zr/c1-4-10-18(11-5-1)21-16-17-22(19-12-6-2-7-13-19)23(21)20-14-8-3-9-15-20;1-20(2,3)16-7-9-18-14(12-16)11-15-13-17(21(4,5)6)8-10-19(15)18;1-3-7-12(8-4-1)11-13-9-5-2-6-10-13;/h1-16,22H;7-13H,1-6H3;1-10H;/q2*-1;;+2. The molecule has 0 bridgehead atoms. The van der Waals surface area contributed by atoms with Gasteiger partial charge in [0.25, 0.3) is 0 Å². The first kappa shape index (κ1) is 40.8. The second-order valence-corrected chi connectivity index (χ2v) is 18.3. The van der Waals surface area contributed by atoms with Crippen LogP contribution < -0.4 is 0 Å². The van der Waals surface area contributed by atoms with E-state index in [2.05, 4.69) is 248 Å². The zero-order chi connectivity index (χ0) is 40.7. The van der Waals surface area contributed by atoms with E-state index >= 15 is 0 Å². The molecule has 0 aromatic heterocycles. The second kappa shape index (κ2) is 18.1. The van der Waals surface area contributed by atoms with Crippen molar-refractivity contribution in [2.24, 2.45) is 0 Å². The van der Waals surface area contributed by atoms with Gasteiger partial charge in [0, 0.05) is 0 Å². The topological polar surface area (TPSA) is 0 Å². The Morgan fingerprint density at radius 2 is 0.879 bits per heavy atom. The van der Waals surface area contributed by atoms with E-state index in [9.17, 15) is 0 Å². The molecule has 0 saturated carbocycles. The van der Waals surface area contributed by atoms with Gasteiger partial charge in [-0.05, 0) is 16.4 Å². The molecule has 0 aliphatic heterocycles. The van der Waals surface area contributed by atoms with E-state index in [1.54, 1.807) is 0 Å². The number of hydrogen-bond donors (Lipinski definition) is 0. The van der Waals surface area contributed by atoms with E-state index in [0.29, 0.717) is 0 Å². The Labute approximate surface area is 361 Å². The fraction of sp³-hybridized carbons (Fsp3) is 0.158. The van der Waals surface area contributed by atoms with Crippen LogP contribution >= 0.6 is 0 Å². The Hall–Kier alpha value is -5.36. The molecule has 0 N–H and O–H groups in total. The van der Waals surface area contributed by atoms with Crippen LogP contribution in [0.15, 0.2) is 200 Å². The van der Waals surface area contributed by atoms with E-state index < -0.39 is 0 Å². The van der Waals surface area contributed by atoms with Crippen molar-refractivity contribution < 1.29 is 24.2 Å². The Balaban J connectivity index is 0.000000136. The van der Waals surface area contributed by atoms with Gasteiger partial charge in [-0.2, -0.15) is 5.57 Å². The number of fused-ring (bicyclic) bond motifs is 3. The fourth-order valence-electron chi connectivity index (χ4n) is 7.52. The summed E-state index contributed by atoms with van der Waals surface area (Å²) in [5, 5.41) is 5.48. The van der Waals surface area contributed by atoms with Crippen molar-refractivity contribution in [3.63, 3.8) is 0 Å². The molecule has 0 heterocycles. The molecule has 58 heavy (non-hydrogen) atoms. The van der Waals surface area contributed by atoms with Gasteiger partial charge in [0.05, 0.1) is 0 Å². The zero-order valence-corrected chi connectivity index (χ0v) is 37.1. The van der Waals surface area contributed by atoms with Crippen LogP contribution in [0.25, 0.3) is 32.7 Å². The van der Waals surface area contributed by atoms with Crippen molar-refractivity contribution in [2.45, 2.75) is 58.3 Å². The van der Waals surface area contributed by atoms with Crippen molar-refractivity contribution in [2.75, 3.05) is 0 Å². The van der Waals surface area contributed by atoms with Gasteiger partial charge in [0.2, 0.25) is 0 Å². The van der Waals surface area contributed by atoms with E-state index in [1.807, 2.05) is 0 Å². The number of hydrogen-bond acceptors (Lipinski definition) is 0. The van der Waals surface area contributed by atoms with Crippen LogP contribution in [-0.2, 0) is 35.1 Å². The molecular weight excluding hydrogens is 776 g/mol. The summed E-state index contributed by atoms with van der Waals surface area (Å²) in [7, 11) is 0. The van der Waals surface area contributed by atoms with Gasteiger partial charge in [-0.25, -0.2) is 6.08 Å². The minimum atomic E-state index is 0.189. The van der Waals surface area contributed by atoms with Crippen LogP contribution in [0.2, 0.25) is 0 Å². The van der Waals surface area contributed by atoms with Crippen molar-refractivity contribution in [3.8, 4) is 0 Å².